The lowest BCUT2D eigenvalue weighted by atomic mass is 10.0. The van der Waals surface area contributed by atoms with Gasteiger partial charge in [-0.25, -0.2) is 9.55 Å². The molecular weight excluding hydrogens is 536 g/mol. The number of thiazole rings is 1. The lowest BCUT2D eigenvalue weighted by Gasteiger charge is -2.50. The van der Waals surface area contributed by atoms with Crippen LogP contribution in [0.15, 0.2) is 50.7 Å². The highest BCUT2D eigenvalue weighted by molar-refractivity contribution is 8.00. The zero-order valence-electron chi connectivity index (χ0n) is 20.0. The molecule has 5 rings (SSSR count). The number of rotatable bonds is 8. The van der Waals surface area contributed by atoms with Crippen LogP contribution in [0.2, 0.25) is 0 Å². The summed E-state index contributed by atoms with van der Waals surface area (Å²) in [5.74, 6) is -1.62. The molecule has 0 bridgehead atoms. The zero-order valence-corrected chi connectivity index (χ0v) is 21.6. The van der Waals surface area contributed by atoms with Gasteiger partial charge in [-0.05, 0) is 0 Å². The Bertz CT molecular complexity index is 1480. The van der Waals surface area contributed by atoms with E-state index in [1.165, 1.54) is 24.3 Å². The number of carbonyl (C=O) groups is 3. The number of nitrogens with two attached hydrogens (primary N) is 1. The maximum atomic E-state index is 13.0. The summed E-state index contributed by atoms with van der Waals surface area (Å²) in [7, 11) is 1.27. The molecule has 2 aliphatic heterocycles. The van der Waals surface area contributed by atoms with Crippen LogP contribution in [0.25, 0.3) is 11.5 Å². The van der Waals surface area contributed by atoms with Gasteiger partial charge in [-0.15, -0.1) is 33.3 Å². The number of carbonyl (C=O) groups excluding carboxylic acids is 3. The van der Waals surface area contributed by atoms with Crippen molar-refractivity contribution in [2.75, 3.05) is 18.6 Å². The van der Waals surface area contributed by atoms with Crippen molar-refractivity contribution < 1.29 is 33.3 Å². The topological polar surface area (TPSA) is 193 Å². The van der Waals surface area contributed by atoms with E-state index in [4.69, 9.17) is 15.0 Å². The highest BCUT2D eigenvalue weighted by atomic mass is 32.2. The molecule has 0 saturated carbocycles. The molecule has 0 radical (unpaired) electrons. The van der Waals surface area contributed by atoms with Crippen molar-refractivity contribution in [2.45, 2.75) is 24.9 Å². The fourth-order valence-electron chi connectivity index (χ4n) is 4.03. The van der Waals surface area contributed by atoms with Crippen LogP contribution in [0.3, 0.4) is 0 Å². The second kappa shape index (κ2) is 10.2. The molecule has 3 aromatic rings. The van der Waals surface area contributed by atoms with E-state index >= 15 is 0 Å². The van der Waals surface area contributed by atoms with Crippen LogP contribution in [0.4, 0.5) is 5.13 Å². The molecule has 2 aliphatic rings. The summed E-state index contributed by atoms with van der Waals surface area (Å²) in [5, 5.41) is 27.3. The number of aromatic nitrogens is 4. The van der Waals surface area contributed by atoms with Crippen molar-refractivity contribution >= 4 is 51.7 Å². The second-order valence-corrected chi connectivity index (χ2v) is 10.2. The Kier molecular flexibility index (Phi) is 6.81. The SMILES string of the molecule is CO/N=C(\C(=O)N[C@@H]1C(=O)N2C(C(=O)[O-])=C(C[n+]3ccc(-c4nnc(C)o4)cc3)CS[C@H]12)c1csc(N)n1. The number of aryl methyl sites for hydroxylation is 1. The molecule has 3 aromatic heterocycles. The number of thioether (sulfide) groups is 1. The molecule has 5 heterocycles. The number of hydrogen-bond donors (Lipinski definition) is 2. The summed E-state index contributed by atoms with van der Waals surface area (Å²) in [6.45, 7) is 1.90. The number of anilines is 1. The minimum absolute atomic E-state index is 0.153. The Morgan fingerprint density at radius 3 is 2.74 bits per heavy atom. The number of oxime groups is 1. The van der Waals surface area contributed by atoms with E-state index in [-0.39, 0.29) is 28.8 Å². The normalized spacial score (nSPS) is 19.2. The fourth-order valence-corrected chi connectivity index (χ4v) is 5.92. The van der Waals surface area contributed by atoms with Gasteiger partial charge in [0.05, 0.1) is 17.2 Å². The summed E-state index contributed by atoms with van der Waals surface area (Å²) < 4.78 is 7.18. The van der Waals surface area contributed by atoms with E-state index < -0.39 is 29.2 Å². The number of nitrogen functional groups attached to an aromatic ring is 1. The summed E-state index contributed by atoms with van der Waals surface area (Å²) in [4.78, 5) is 47.9. The standard InChI is InChI=1S/C22H20N8O6S2/c1-10-26-27-18(36-10)11-3-5-29(6-4-11)7-12-8-37-20-15(19(32)30(20)16(12)21(33)34)25-17(31)14(28-35-2)13-9-38-22(23)24-13/h3-6,9,15,20H,7-8H2,1-2H3,(H3-,23,24,25,31,33,34)/b28-14-/t15-,20-/m1/s1. The van der Waals surface area contributed by atoms with Gasteiger partial charge in [0, 0.05) is 35.8 Å². The van der Waals surface area contributed by atoms with Crippen LogP contribution in [-0.4, -0.2) is 67.9 Å². The van der Waals surface area contributed by atoms with Gasteiger partial charge in [0.25, 0.3) is 11.8 Å². The lowest BCUT2D eigenvalue weighted by molar-refractivity contribution is -0.689. The molecule has 2 amide bonds. The number of amides is 2. The summed E-state index contributed by atoms with van der Waals surface area (Å²) >= 11 is 2.45. The van der Waals surface area contributed by atoms with Gasteiger partial charge in [0.15, 0.2) is 29.8 Å². The van der Waals surface area contributed by atoms with Crippen LogP contribution >= 0.6 is 23.1 Å². The van der Waals surface area contributed by atoms with Crippen LogP contribution in [-0.2, 0) is 25.8 Å². The van der Waals surface area contributed by atoms with Crippen molar-refractivity contribution in [3.8, 4) is 11.5 Å². The van der Waals surface area contributed by atoms with Crippen molar-refractivity contribution in [1.29, 1.82) is 0 Å². The van der Waals surface area contributed by atoms with Gasteiger partial charge in [-0.3, -0.25) is 14.5 Å². The minimum Gasteiger partial charge on any atom is -0.543 e. The number of nitrogens with zero attached hydrogens (tertiary/aromatic N) is 6. The largest absolute Gasteiger partial charge is 0.543 e. The molecule has 16 heteroatoms. The molecule has 0 unspecified atom stereocenters. The number of aliphatic carboxylic acids is 1. The number of hydrogen-bond acceptors (Lipinski definition) is 13. The predicted molar refractivity (Wildman–Crippen MR) is 132 cm³/mol. The zero-order chi connectivity index (χ0) is 27.0. The fraction of sp³-hybridized carbons (Fsp3) is 0.273. The number of fused-ring (bicyclic) bond motifs is 1. The molecule has 0 aliphatic carbocycles. The van der Waals surface area contributed by atoms with Crippen LogP contribution in [0, 0.1) is 6.92 Å². The summed E-state index contributed by atoms with van der Waals surface area (Å²) in [5.41, 5.74) is 6.69. The maximum Gasteiger partial charge on any atom is 0.276 e. The molecule has 0 aromatic carbocycles. The van der Waals surface area contributed by atoms with E-state index in [2.05, 4.69) is 25.7 Å². The molecule has 38 heavy (non-hydrogen) atoms. The van der Waals surface area contributed by atoms with Crippen molar-refractivity contribution in [1.82, 2.24) is 25.4 Å². The Hall–Kier alpha value is -4.31. The van der Waals surface area contributed by atoms with E-state index in [1.807, 2.05) is 0 Å². The first-order chi connectivity index (χ1) is 18.3. The molecule has 2 atom stereocenters. The van der Waals surface area contributed by atoms with Crippen molar-refractivity contribution in [3.05, 3.63) is 52.8 Å². The van der Waals surface area contributed by atoms with Crippen LogP contribution in [0.5, 0.6) is 0 Å². The monoisotopic (exact) mass is 556 g/mol. The molecule has 1 saturated heterocycles. The smallest absolute Gasteiger partial charge is 0.276 e. The third-order valence-electron chi connectivity index (χ3n) is 5.73. The Morgan fingerprint density at radius 1 is 1.37 bits per heavy atom. The molecule has 1 fully saturated rings. The van der Waals surface area contributed by atoms with E-state index in [1.54, 1.807) is 36.0 Å². The molecular formula is C22H20N8O6S2. The number of pyridine rings is 1. The average Bonchev–Trinajstić information content (AvgIpc) is 3.53. The Balaban J connectivity index is 1.32. The maximum absolute atomic E-state index is 13.0. The third kappa shape index (κ3) is 4.70. The first-order valence-corrected chi connectivity index (χ1v) is 13.0. The van der Waals surface area contributed by atoms with Gasteiger partial charge in [0.1, 0.15) is 24.2 Å². The lowest BCUT2D eigenvalue weighted by Crippen LogP contribution is -2.71. The number of carboxylic acids is 1. The van der Waals surface area contributed by atoms with Crippen molar-refractivity contribution in [3.63, 3.8) is 0 Å². The second-order valence-electron chi connectivity index (χ2n) is 8.18. The van der Waals surface area contributed by atoms with E-state index in [9.17, 15) is 19.5 Å². The molecule has 14 nitrogen and oxygen atoms in total. The van der Waals surface area contributed by atoms with Gasteiger partial charge < -0.3 is 30.2 Å². The van der Waals surface area contributed by atoms with Gasteiger partial charge >= 0.3 is 0 Å². The van der Waals surface area contributed by atoms with Gasteiger partial charge in [-0.2, -0.15) is 0 Å². The van der Waals surface area contributed by atoms with Gasteiger partial charge in [-0.1, -0.05) is 5.16 Å². The number of β-lactam (4-membered cyclic amide) rings is 1. The quantitative estimate of drug-likeness (QED) is 0.147. The summed E-state index contributed by atoms with van der Waals surface area (Å²) in [6, 6.07) is 2.56. The number of carboxylic acid groups (broad SMARTS) is 1. The van der Waals surface area contributed by atoms with E-state index in [0.29, 0.717) is 28.7 Å². The van der Waals surface area contributed by atoms with E-state index in [0.717, 1.165) is 16.2 Å². The highest BCUT2D eigenvalue weighted by Crippen LogP contribution is 2.40. The molecule has 196 valence electrons. The summed E-state index contributed by atoms with van der Waals surface area (Å²) in [6.07, 6.45) is 3.49. The Morgan fingerprint density at radius 2 is 2.13 bits per heavy atom. The predicted octanol–water partition coefficient (Wildman–Crippen LogP) is -1.17. The van der Waals surface area contributed by atoms with Crippen LogP contribution < -0.4 is 20.7 Å². The first-order valence-electron chi connectivity index (χ1n) is 11.1. The minimum atomic E-state index is -1.47. The van der Waals surface area contributed by atoms with Gasteiger partial charge in [0.2, 0.25) is 11.8 Å². The Labute approximate surface area is 223 Å². The average molecular weight is 557 g/mol. The molecule has 0 spiro atoms. The molecule has 3 N–H and O–H groups in total. The highest BCUT2D eigenvalue weighted by Gasteiger charge is 2.53. The number of nitrogens with one attached hydrogen (secondary N) is 1. The first kappa shape index (κ1) is 25.3. The third-order valence-corrected chi connectivity index (χ3v) is 7.74. The van der Waals surface area contributed by atoms with Crippen molar-refractivity contribution in [2.24, 2.45) is 5.16 Å². The van der Waals surface area contributed by atoms with Crippen LogP contribution in [0.1, 0.15) is 11.6 Å².